The van der Waals surface area contributed by atoms with Crippen molar-refractivity contribution < 1.29 is 14.7 Å². The van der Waals surface area contributed by atoms with E-state index in [4.69, 9.17) is 5.11 Å². The van der Waals surface area contributed by atoms with Crippen LogP contribution in [0.15, 0.2) is 30.5 Å². The summed E-state index contributed by atoms with van der Waals surface area (Å²) in [6, 6.07) is 6.57. The van der Waals surface area contributed by atoms with E-state index in [-0.39, 0.29) is 11.3 Å². The van der Waals surface area contributed by atoms with Gasteiger partial charge in [-0.15, -0.1) is 11.3 Å². The number of pyridine rings is 1. The highest BCUT2D eigenvalue weighted by Crippen LogP contribution is 2.28. The Hall–Kier alpha value is -2.21. The van der Waals surface area contributed by atoms with Gasteiger partial charge in [-0.05, 0) is 24.6 Å². The molecular weight excluding hydrogens is 264 g/mol. The van der Waals surface area contributed by atoms with Crippen LogP contribution < -0.4 is 5.32 Å². The van der Waals surface area contributed by atoms with Gasteiger partial charge in [-0.1, -0.05) is 13.0 Å². The molecule has 2 rings (SSSR count). The van der Waals surface area contributed by atoms with Crippen molar-refractivity contribution in [3.63, 3.8) is 0 Å². The number of hydrogen-bond donors (Lipinski definition) is 2. The summed E-state index contributed by atoms with van der Waals surface area (Å²) in [6.45, 7) is 1.93. The van der Waals surface area contributed by atoms with E-state index in [0.29, 0.717) is 5.00 Å². The molecule has 0 saturated carbocycles. The van der Waals surface area contributed by atoms with Gasteiger partial charge in [0.15, 0.2) is 0 Å². The fourth-order valence-electron chi connectivity index (χ4n) is 1.53. The lowest BCUT2D eigenvalue weighted by Crippen LogP contribution is -2.14. The van der Waals surface area contributed by atoms with Gasteiger partial charge >= 0.3 is 5.97 Å². The summed E-state index contributed by atoms with van der Waals surface area (Å²) in [5, 5.41) is 12.0. The van der Waals surface area contributed by atoms with Crippen LogP contribution in [0, 0.1) is 0 Å². The summed E-state index contributed by atoms with van der Waals surface area (Å²) < 4.78 is 0. The Labute approximate surface area is 113 Å². The fraction of sp³-hybridized carbons (Fsp3) is 0.154. The van der Waals surface area contributed by atoms with Gasteiger partial charge in [0.05, 0.1) is 5.56 Å². The summed E-state index contributed by atoms with van der Waals surface area (Å²) >= 11 is 1.27. The zero-order valence-electron chi connectivity index (χ0n) is 10.2. The molecule has 19 heavy (non-hydrogen) atoms. The normalized spacial score (nSPS) is 10.2. The van der Waals surface area contributed by atoms with Crippen LogP contribution in [0.4, 0.5) is 5.00 Å². The van der Waals surface area contributed by atoms with Crippen molar-refractivity contribution in [3.05, 3.63) is 46.6 Å². The zero-order chi connectivity index (χ0) is 13.8. The minimum atomic E-state index is -1.05. The molecule has 0 fully saturated rings. The summed E-state index contributed by atoms with van der Waals surface area (Å²) in [5.41, 5.74) is 0.372. The molecule has 0 saturated heterocycles. The van der Waals surface area contributed by atoms with Gasteiger partial charge in [-0.3, -0.25) is 9.78 Å². The van der Waals surface area contributed by atoms with Crippen LogP contribution in [0.1, 0.15) is 32.6 Å². The van der Waals surface area contributed by atoms with E-state index >= 15 is 0 Å². The molecule has 0 aliphatic rings. The van der Waals surface area contributed by atoms with E-state index in [9.17, 15) is 9.59 Å². The van der Waals surface area contributed by atoms with Crippen molar-refractivity contribution in [1.82, 2.24) is 4.98 Å². The third-order valence-corrected chi connectivity index (χ3v) is 3.68. The molecule has 2 aromatic heterocycles. The lowest BCUT2D eigenvalue weighted by molar-refractivity contribution is 0.0698. The SMILES string of the molecule is CCc1cc(C(=O)O)c(NC(=O)c2ccccn2)s1. The maximum absolute atomic E-state index is 11.9. The number of thiophene rings is 1. The lowest BCUT2D eigenvalue weighted by atomic mass is 10.2. The van der Waals surface area contributed by atoms with E-state index in [0.717, 1.165) is 11.3 Å². The Kier molecular flexibility index (Phi) is 3.91. The summed E-state index contributed by atoms with van der Waals surface area (Å²) in [4.78, 5) is 27.9. The molecule has 2 N–H and O–H groups in total. The van der Waals surface area contributed by atoms with E-state index in [1.807, 2.05) is 6.92 Å². The third-order valence-electron chi connectivity index (χ3n) is 2.49. The summed E-state index contributed by atoms with van der Waals surface area (Å²) in [5.74, 6) is -1.46. The second kappa shape index (κ2) is 5.62. The first-order chi connectivity index (χ1) is 9.11. The van der Waals surface area contributed by atoms with Gasteiger partial charge in [0.25, 0.3) is 5.91 Å². The number of nitrogens with zero attached hydrogens (tertiary/aromatic N) is 1. The van der Waals surface area contributed by atoms with Crippen molar-refractivity contribution >= 4 is 28.2 Å². The van der Waals surface area contributed by atoms with Crippen molar-refractivity contribution in [3.8, 4) is 0 Å². The molecule has 0 spiro atoms. The number of aromatic carboxylic acids is 1. The highest BCUT2D eigenvalue weighted by Gasteiger charge is 2.17. The average Bonchev–Trinajstić information content (AvgIpc) is 2.83. The topological polar surface area (TPSA) is 79.3 Å². The Balaban J connectivity index is 2.26. The Morgan fingerprint density at radius 2 is 2.21 bits per heavy atom. The number of amides is 1. The molecule has 0 atom stereocenters. The minimum absolute atomic E-state index is 0.117. The van der Waals surface area contributed by atoms with Crippen LogP contribution in [-0.4, -0.2) is 22.0 Å². The summed E-state index contributed by atoms with van der Waals surface area (Å²) in [6.07, 6.45) is 2.24. The van der Waals surface area contributed by atoms with Gasteiger partial charge < -0.3 is 10.4 Å². The first-order valence-electron chi connectivity index (χ1n) is 5.70. The van der Waals surface area contributed by atoms with Crippen molar-refractivity contribution in [2.45, 2.75) is 13.3 Å². The number of carbonyl (C=O) groups excluding carboxylic acids is 1. The number of carboxylic acid groups (broad SMARTS) is 1. The molecule has 0 aliphatic carbocycles. The van der Waals surface area contributed by atoms with Crippen molar-refractivity contribution in [2.24, 2.45) is 0 Å². The summed E-state index contributed by atoms with van der Waals surface area (Å²) in [7, 11) is 0. The Bertz CT molecular complexity index is 608. The standard InChI is InChI=1S/C13H12N2O3S/c1-2-8-7-9(13(17)18)12(19-8)15-11(16)10-5-3-4-6-14-10/h3-7H,2H2,1H3,(H,15,16)(H,17,18). The predicted octanol–water partition coefficient (Wildman–Crippen LogP) is 2.66. The van der Waals surface area contributed by atoms with Crippen LogP contribution >= 0.6 is 11.3 Å². The molecule has 1 amide bonds. The third kappa shape index (κ3) is 2.97. The number of carbonyl (C=O) groups is 2. The molecule has 0 aliphatic heterocycles. The predicted molar refractivity (Wildman–Crippen MR) is 72.8 cm³/mol. The monoisotopic (exact) mass is 276 g/mol. The number of rotatable bonds is 4. The molecule has 0 radical (unpaired) electrons. The first kappa shape index (κ1) is 13.2. The van der Waals surface area contributed by atoms with Crippen LogP contribution in [0.25, 0.3) is 0 Å². The molecule has 0 aromatic carbocycles. The number of anilines is 1. The van der Waals surface area contributed by atoms with E-state index < -0.39 is 11.9 Å². The van der Waals surface area contributed by atoms with Gasteiger partial charge in [-0.2, -0.15) is 0 Å². The van der Waals surface area contributed by atoms with Crippen LogP contribution in [0.5, 0.6) is 0 Å². The highest BCUT2D eigenvalue weighted by atomic mass is 32.1. The zero-order valence-corrected chi connectivity index (χ0v) is 11.0. The van der Waals surface area contributed by atoms with Crippen molar-refractivity contribution in [2.75, 3.05) is 5.32 Å². The Morgan fingerprint density at radius 1 is 1.42 bits per heavy atom. The first-order valence-corrected chi connectivity index (χ1v) is 6.52. The largest absolute Gasteiger partial charge is 0.478 e. The van der Waals surface area contributed by atoms with Crippen LogP contribution in [0.2, 0.25) is 0 Å². The number of nitrogens with one attached hydrogen (secondary N) is 1. The molecular formula is C13H12N2O3S. The highest BCUT2D eigenvalue weighted by molar-refractivity contribution is 7.16. The van der Waals surface area contributed by atoms with Gasteiger partial charge in [0.2, 0.25) is 0 Å². The maximum Gasteiger partial charge on any atom is 0.338 e. The number of aryl methyl sites for hydroxylation is 1. The van der Waals surface area contributed by atoms with E-state index in [1.165, 1.54) is 17.5 Å². The smallest absolute Gasteiger partial charge is 0.338 e. The lowest BCUT2D eigenvalue weighted by Gasteiger charge is -2.02. The Morgan fingerprint density at radius 3 is 2.79 bits per heavy atom. The van der Waals surface area contributed by atoms with Gasteiger partial charge in [0, 0.05) is 11.1 Å². The van der Waals surface area contributed by atoms with Gasteiger partial charge in [-0.25, -0.2) is 4.79 Å². The van der Waals surface area contributed by atoms with Crippen molar-refractivity contribution in [1.29, 1.82) is 0 Å². The number of carboxylic acids is 1. The molecule has 0 bridgehead atoms. The average molecular weight is 276 g/mol. The molecule has 5 nitrogen and oxygen atoms in total. The quantitative estimate of drug-likeness (QED) is 0.899. The van der Waals surface area contributed by atoms with Crippen LogP contribution in [-0.2, 0) is 6.42 Å². The van der Waals surface area contributed by atoms with Crippen LogP contribution in [0.3, 0.4) is 0 Å². The number of hydrogen-bond acceptors (Lipinski definition) is 4. The molecule has 2 heterocycles. The maximum atomic E-state index is 11.9. The van der Waals surface area contributed by atoms with E-state index in [1.54, 1.807) is 24.3 Å². The van der Waals surface area contributed by atoms with E-state index in [2.05, 4.69) is 10.3 Å². The second-order valence-electron chi connectivity index (χ2n) is 3.78. The fourth-order valence-corrected chi connectivity index (χ4v) is 2.52. The van der Waals surface area contributed by atoms with Gasteiger partial charge in [0.1, 0.15) is 10.7 Å². The number of aromatic nitrogens is 1. The molecule has 0 unspecified atom stereocenters. The second-order valence-corrected chi connectivity index (χ2v) is 4.92. The molecule has 6 heteroatoms. The minimum Gasteiger partial charge on any atom is -0.478 e. The molecule has 98 valence electrons. The molecule has 2 aromatic rings.